The minimum atomic E-state index is -3.34. The van der Waals surface area contributed by atoms with Crippen LogP contribution in [0.5, 0.6) is 0 Å². The zero-order chi connectivity index (χ0) is 9.19. The van der Waals surface area contributed by atoms with Gasteiger partial charge in [0, 0.05) is 12.8 Å². The number of nitrogens with zero attached hydrogens (tertiary/aromatic N) is 1. The molecule has 0 fully saturated rings. The van der Waals surface area contributed by atoms with E-state index in [1.807, 2.05) is 0 Å². The van der Waals surface area contributed by atoms with E-state index in [4.69, 9.17) is 4.74 Å². The summed E-state index contributed by atoms with van der Waals surface area (Å²) in [5, 5.41) is 0. The van der Waals surface area contributed by atoms with Crippen LogP contribution in [0.1, 0.15) is 6.92 Å². The quantitative estimate of drug-likeness (QED) is 0.756. The van der Waals surface area contributed by atoms with Crippen molar-refractivity contribution in [2.75, 3.05) is 13.2 Å². The average molecular weight is 254 g/mol. The molecular weight excluding hydrogens is 246 g/mol. The molecule has 1 rings (SSSR count). The molecule has 68 valence electrons. The minimum Gasteiger partial charge on any atom is -0.376 e. The van der Waals surface area contributed by atoms with Crippen LogP contribution in [-0.4, -0.2) is 25.6 Å². The normalized spacial score (nSPS) is 20.5. The minimum absolute atomic E-state index is 0.0373. The van der Waals surface area contributed by atoms with Gasteiger partial charge in [-0.3, -0.25) is 0 Å². The van der Waals surface area contributed by atoms with Gasteiger partial charge in [0.25, 0.3) is 0 Å². The Morgan fingerprint density at radius 1 is 1.67 bits per heavy atom. The summed E-state index contributed by atoms with van der Waals surface area (Å²) >= 11 is 2.85. The van der Waals surface area contributed by atoms with Crippen LogP contribution >= 0.6 is 15.9 Å². The maximum absolute atomic E-state index is 11.3. The summed E-state index contributed by atoms with van der Waals surface area (Å²) in [5.74, 6) is 0. The van der Waals surface area contributed by atoms with Gasteiger partial charge >= 0.3 is 0 Å². The van der Waals surface area contributed by atoms with Crippen molar-refractivity contribution in [1.29, 1.82) is 0 Å². The lowest BCUT2D eigenvalue weighted by molar-refractivity contribution is 0.175. The van der Waals surface area contributed by atoms with Crippen molar-refractivity contribution in [2.24, 2.45) is 4.99 Å². The van der Waals surface area contributed by atoms with Crippen LogP contribution in [0.2, 0.25) is 0 Å². The van der Waals surface area contributed by atoms with Crippen LogP contribution in [0.15, 0.2) is 16.1 Å². The fourth-order valence-corrected chi connectivity index (χ4v) is 2.25. The first-order valence-corrected chi connectivity index (χ1v) is 5.62. The smallest absolute Gasteiger partial charge is 0.230 e. The van der Waals surface area contributed by atoms with Crippen LogP contribution in [0.4, 0.5) is 0 Å². The zero-order valence-corrected chi connectivity index (χ0v) is 8.85. The third-order valence-electron chi connectivity index (χ3n) is 1.33. The largest absolute Gasteiger partial charge is 0.376 e. The molecule has 12 heavy (non-hydrogen) atoms. The Kier molecular flexibility index (Phi) is 3.03. The second-order valence-corrected chi connectivity index (χ2v) is 5.31. The number of sulfone groups is 1. The molecule has 0 bridgehead atoms. The van der Waals surface area contributed by atoms with Gasteiger partial charge < -0.3 is 4.74 Å². The summed E-state index contributed by atoms with van der Waals surface area (Å²) in [6.07, 6.45) is 1.30. The fraction of sp³-hybridized carbons (Fsp3) is 0.500. The highest BCUT2D eigenvalue weighted by Gasteiger charge is 2.27. The summed E-state index contributed by atoms with van der Waals surface area (Å²) in [6.45, 7) is 2.39. The van der Waals surface area contributed by atoms with Crippen LogP contribution in [-0.2, 0) is 14.6 Å². The van der Waals surface area contributed by atoms with Gasteiger partial charge in [0.1, 0.15) is 0 Å². The Balaban J connectivity index is 2.74. The molecule has 0 aliphatic carbocycles. The van der Waals surface area contributed by atoms with Crippen molar-refractivity contribution < 1.29 is 13.2 Å². The van der Waals surface area contributed by atoms with Crippen molar-refractivity contribution in [2.45, 2.75) is 6.92 Å². The van der Waals surface area contributed by atoms with Crippen molar-refractivity contribution in [3.05, 3.63) is 11.1 Å². The Morgan fingerprint density at radius 3 is 2.75 bits per heavy atom. The summed E-state index contributed by atoms with van der Waals surface area (Å²) in [5.41, 5.74) is 0. The number of rotatable bonds is 3. The Morgan fingerprint density at radius 2 is 2.33 bits per heavy atom. The monoisotopic (exact) mass is 253 g/mol. The van der Waals surface area contributed by atoms with Gasteiger partial charge in [-0.25, -0.2) is 13.4 Å². The van der Waals surface area contributed by atoms with Gasteiger partial charge in [-0.05, 0) is 22.9 Å². The number of hydrogen-bond acceptors (Lipinski definition) is 4. The van der Waals surface area contributed by atoms with E-state index in [2.05, 4.69) is 20.9 Å². The first-order valence-electron chi connectivity index (χ1n) is 3.34. The molecular formula is C6H8BrNO3S. The van der Waals surface area contributed by atoms with Crippen LogP contribution in [0.25, 0.3) is 0 Å². The van der Waals surface area contributed by atoms with Gasteiger partial charge in [-0.1, -0.05) is 0 Å². The number of halogens is 1. The number of ether oxygens (including phenoxy) is 1. The molecule has 1 aliphatic rings. The lowest BCUT2D eigenvalue weighted by Crippen LogP contribution is -2.11. The highest BCUT2D eigenvalue weighted by Crippen LogP contribution is 2.20. The van der Waals surface area contributed by atoms with Gasteiger partial charge in [-0.2, -0.15) is 0 Å². The van der Waals surface area contributed by atoms with Crippen LogP contribution < -0.4 is 0 Å². The first-order chi connectivity index (χ1) is 5.59. The number of aliphatic imine (C=N–C) groups is 1. The first kappa shape index (κ1) is 9.88. The standard InChI is InChI=1S/C6H8BrNO3S/c1-2-11-4-5-3-8-6(7)12(5,9)10/h3H,2,4H2,1H3. The summed E-state index contributed by atoms with van der Waals surface area (Å²) in [7, 11) is -3.34. The van der Waals surface area contributed by atoms with E-state index in [0.717, 1.165) is 0 Å². The molecule has 0 N–H and O–H groups in total. The average Bonchev–Trinajstić information content (AvgIpc) is 2.25. The highest BCUT2D eigenvalue weighted by atomic mass is 79.9. The van der Waals surface area contributed by atoms with Crippen LogP contribution in [0, 0.1) is 0 Å². The topological polar surface area (TPSA) is 55.7 Å². The van der Waals surface area contributed by atoms with Crippen molar-refractivity contribution in [3.63, 3.8) is 0 Å². The molecule has 0 aromatic carbocycles. The van der Waals surface area contributed by atoms with Crippen molar-refractivity contribution in [3.8, 4) is 0 Å². The lowest BCUT2D eigenvalue weighted by Gasteiger charge is -2.00. The molecule has 0 atom stereocenters. The van der Waals surface area contributed by atoms with E-state index < -0.39 is 9.84 Å². The van der Waals surface area contributed by atoms with E-state index in [1.54, 1.807) is 6.92 Å². The SMILES string of the molecule is CCOCC1=CN=C(Br)S1(=O)=O. The van der Waals surface area contributed by atoms with Gasteiger partial charge in [0.05, 0.1) is 11.5 Å². The lowest BCUT2D eigenvalue weighted by atomic mass is 10.6. The second-order valence-electron chi connectivity index (χ2n) is 2.12. The molecule has 0 unspecified atom stereocenters. The second kappa shape index (κ2) is 3.68. The van der Waals surface area contributed by atoms with E-state index in [9.17, 15) is 8.42 Å². The third kappa shape index (κ3) is 1.75. The van der Waals surface area contributed by atoms with Gasteiger partial charge in [0.2, 0.25) is 13.8 Å². The summed E-state index contributed by atoms with van der Waals surface area (Å²) < 4.78 is 27.5. The van der Waals surface area contributed by atoms with Gasteiger partial charge in [-0.15, -0.1) is 0 Å². The molecule has 1 aliphatic heterocycles. The van der Waals surface area contributed by atoms with Crippen LogP contribution in [0.3, 0.4) is 0 Å². The molecule has 0 aromatic heterocycles. The summed E-state index contributed by atoms with van der Waals surface area (Å²) in [4.78, 5) is 3.83. The maximum Gasteiger partial charge on any atom is 0.230 e. The molecule has 0 spiro atoms. The predicted octanol–water partition coefficient (Wildman–Crippen LogP) is 1.04. The molecule has 0 radical (unpaired) electrons. The Hall–Kier alpha value is -0.200. The molecule has 0 aromatic rings. The fourth-order valence-electron chi connectivity index (χ4n) is 0.687. The molecule has 0 saturated carbocycles. The van der Waals surface area contributed by atoms with Gasteiger partial charge in [0.15, 0.2) is 0 Å². The zero-order valence-electron chi connectivity index (χ0n) is 6.45. The van der Waals surface area contributed by atoms with E-state index in [-0.39, 0.29) is 15.5 Å². The number of hydrogen-bond donors (Lipinski definition) is 0. The molecule has 6 heteroatoms. The Bertz CT molecular complexity index is 331. The van der Waals surface area contributed by atoms with Crippen molar-refractivity contribution >= 4 is 29.7 Å². The van der Waals surface area contributed by atoms with Crippen molar-refractivity contribution in [1.82, 2.24) is 0 Å². The van der Waals surface area contributed by atoms with E-state index in [1.165, 1.54) is 6.20 Å². The summed E-state index contributed by atoms with van der Waals surface area (Å²) in [6, 6.07) is 0. The van der Waals surface area contributed by atoms with E-state index in [0.29, 0.717) is 6.61 Å². The molecule has 0 amide bonds. The molecule has 0 saturated heterocycles. The highest BCUT2D eigenvalue weighted by molar-refractivity contribution is 9.21. The Labute approximate surface area is 79.4 Å². The molecule has 4 nitrogen and oxygen atoms in total. The predicted molar refractivity (Wildman–Crippen MR) is 49.9 cm³/mol. The third-order valence-corrected chi connectivity index (χ3v) is 4.27. The molecule has 1 heterocycles. The maximum atomic E-state index is 11.3. The van der Waals surface area contributed by atoms with E-state index >= 15 is 0 Å².